The first-order valence-corrected chi connectivity index (χ1v) is 4.40. The van der Waals surface area contributed by atoms with Gasteiger partial charge < -0.3 is 0 Å². The molecule has 0 aliphatic carbocycles. The van der Waals surface area contributed by atoms with Crippen molar-refractivity contribution in [1.82, 2.24) is 4.98 Å². The zero-order chi connectivity index (χ0) is 11.1. The number of alkyl halides is 3. The SMILES string of the molecule is Cc1cncc2ccc(C(F)(F)F)cc12. The summed E-state index contributed by atoms with van der Waals surface area (Å²) in [6.07, 6.45) is -1.17. The van der Waals surface area contributed by atoms with Crippen molar-refractivity contribution in [2.45, 2.75) is 13.1 Å². The Morgan fingerprint density at radius 2 is 1.87 bits per heavy atom. The van der Waals surface area contributed by atoms with E-state index in [4.69, 9.17) is 0 Å². The highest BCUT2D eigenvalue weighted by Crippen LogP contribution is 2.31. The summed E-state index contributed by atoms with van der Waals surface area (Å²) < 4.78 is 37.3. The molecule has 78 valence electrons. The van der Waals surface area contributed by atoms with E-state index in [9.17, 15) is 13.2 Å². The third-order valence-corrected chi connectivity index (χ3v) is 2.29. The molecule has 2 aromatic rings. The van der Waals surface area contributed by atoms with Crippen LogP contribution in [0.1, 0.15) is 11.1 Å². The number of nitrogens with zero attached hydrogens (tertiary/aromatic N) is 1. The van der Waals surface area contributed by atoms with Gasteiger partial charge in [-0.05, 0) is 30.0 Å². The van der Waals surface area contributed by atoms with Gasteiger partial charge in [-0.15, -0.1) is 0 Å². The molecular weight excluding hydrogens is 203 g/mol. The molecule has 1 aromatic heterocycles. The van der Waals surface area contributed by atoms with Crippen molar-refractivity contribution in [2.24, 2.45) is 0 Å². The maximum absolute atomic E-state index is 12.4. The van der Waals surface area contributed by atoms with Gasteiger partial charge in [0.15, 0.2) is 0 Å². The molecule has 0 unspecified atom stereocenters. The van der Waals surface area contributed by atoms with Gasteiger partial charge in [-0.25, -0.2) is 0 Å². The molecule has 2 rings (SSSR count). The van der Waals surface area contributed by atoms with E-state index in [1.165, 1.54) is 6.07 Å². The molecule has 0 saturated carbocycles. The smallest absolute Gasteiger partial charge is 0.264 e. The van der Waals surface area contributed by atoms with Crippen molar-refractivity contribution in [3.8, 4) is 0 Å². The lowest BCUT2D eigenvalue weighted by Gasteiger charge is -2.08. The second-order valence-corrected chi connectivity index (χ2v) is 3.39. The van der Waals surface area contributed by atoms with Crippen molar-refractivity contribution in [3.63, 3.8) is 0 Å². The van der Waals surface area contributed by atoms with Gasteiger partial charge in [0, 0.05) is 17.8 Å². The number of hydrogen-bond acceptors (Lipinski definition) is 1. The van der Waals surface area contributed by atoms with Crippen LogP contribution >= 0.6 is 0 Å². The van der Waals surface area contributed by atoms with Crippen LogP contribution in [-0.2, 0) is 6.18 Å². The Labute approximate surface area is 84.6 Å². The van der Waals surface area contributed by atoms with Gasteiger partial charge in [-0.1, -0.05) is 6.07 Å². The zero-order valence-electron chi connectivity index (χ0n) is 7.97. The number of halogens is 3. The molecule has 0 bridgehead atoms. The Bertz CT molecular complexity index is 503. The molecule has 1 heterocycles. The van der Waals surface area contributed by atoms with E-state index >= 15 is 0 Å². The first-order valence-electron chi connectivity index (χ1n) is 4.40. The van der Waals surface area contributed by atoms with E-state index in [1.54, 1.807) is 19.3 Å². The van der Waals surface area contributed by atoms with Crippen LogP contribution < -0.4 is 0 Å². The summed E-state index contributed by atoms with van der Waals surface area (Å²) in [5.41, 5.74) is 0.128. The van der Waals surface area contributed by atoms with Crippen molar-refractivity contribution in [2.75, 3.05) is 0 Å². The van der Waals surface area contributed by atoms with Crippen LogP contribution in [-0.4, -0.2) is 4.98 Å². The number of pyridine rings is 1. The Hall–Kier alpha value is -1.58. The highest BCUT2D eigenvalue weighted by molar-refractivity contribution is 5.85. The highest BCUT2D eigenvalue weighted by Gasteiger charge is 2.30. The van der Waals surface area contributed by atoms with Gasteiger partial charge in [-0.2, -0.15) is 13.2 Å². The van der Waals surface area contributed by atoms with Crippen LogP contribution in [0.15, 0.2) is 30.6 Å². The number of rotatable bonds is 0. The average molecular weight is 211 g/mol. The third kappa shape index (κ3) is 1.79. The van der Waals surface area contributed by atoms with E-state index < -0.39 is 11.7 Å². The van der Waals surface area contributed by atoms with Crippen molar-refractivity contribution < 1.29 is 13.2 Å². The molecule has 1 aromatic carbocycles. The quantitative estimate of drug-likeness (QED) is 0.649. The van der Waals surface area contributed by atoms with E-state index in [0.717, 1.165) is 23.1 Å². The molecule has 0 N–H and O–H groups in total. The Morgan fingerprint density at radius 1 is 1.13 bits per heavy atom. The van der Waals surface area contributed by atoms with Crippen LogP contribution in [0.2, 0.25) is 0 Å². The van der Waals surface area contributed by atoms with Gasteiger partial charge in [-0.3, -0.25) is 4.98 Å². The molecule has 4 heteroatoms. The third-order valence-electron chi connectivity index (χ3n) is 2.29. The van der Waals surface area contributed by atoms with E-state index in [0.29, 0.717) is 5.39 Å². The van der Waals surface area contributed by atoms with Crippen LogP contribution in [0.3, 0.4) is 0 Å². The average Bonchev–Trinajstić information content (AvgIpc) is 2.16. The second-order valence-electron chi connectivity index (χ2n) is 3.39. The summed E-state index contributed by atoms with van der Waals surface area (Å²) >= 11 is 0. The highest BCUT2D eigenvalue weighted by atomic mass is 19.4. The summed E-state index contributed by atoms with van der Waals surface area (Å²) in [7, 11) is 0. The number of fused-ring (bicyclic) bond motifs is 1. The maximum Gasteiger partial charge on any atom is 0.416 e. The predicted molar refractivity (Wildman–Crippen MR) is 51.5 cm³/mol. The molecule has 15 heavy (non-hydrogen) atoms. The normalized spacial score (nSPS) is 12.0. The lowest BCUT2D eigenvalue weighted by molar-refractivity contribution is -0.137. The molecular formula is C11H8F3N. The van der Waals surface area contributed by atoms with Gasteiger partial charge in [0.05, 0.1) is 5.56 Å². The fraction of sp³-hybridized carbons (Fsp3) is 0.182. The van der Waals surface area contributed by atoms with Crippen LogP contribution in [0.25, 0.3) is 10.8 Å². The van der Waals surface area contributed by atoms with Crippen LogP contribution in [0, 0.1) is 6.92 Å². The summed E-state index contributed by atoms with van der Waals surface area (Å²) in [5, 5.41) is 1.32. The first-order chi connectivity index (χ1) is 6.98. The first kappa shape index (κ1) is 9.96. The summed E-state index contributed by atoms with van der Waals surface area (Å²) in [4.78, 5) is 3.92. The minimum atomic E-state index is -4.29. The lowest BCUT2D eigenvalue weighted by atomic mass is 10.1. The molecule has 0 atom stereocenters. The summed E-state index contributed by atoms with van der Waals surface area (Å²) in [6.45, 7) is 1.75. The summed E-state index contributed by atoms with van der Waals surface area (Å²) in [6, 6.07) is 3.67. The predicted octanol–water partition coefficient (Wildman–Crippen LogP) is 3.56. The second kappa shape index (κ2) is 3.22. The summed E-state index contributed by atoms with van der Waals surface area (Å²) in [5.74, 6) is 0. The standard InChI is InChI=1S/C11H8F3N/c1-7-5-15-6-8-2-3-9(4-10(7)8)11(12,13)14/h2-6H,1H3. The monoisotopic (exact) mass is 211 g/mol. The largest absolute Gasteiger partial charge is 0.416 e. The van der Waals surface area contributed by atoms with E-state index in [2.05, 4.69) is 4.98 Å². The minimum Gasteiger partial charge on any atom is -0.264 e. The molecule has 0 radical (unpaired) electrons. The van der Waals surface area contributed by atoms with Gasteiger partial charge >= 0.3 is 6.18 Å². The Kier molecular flexibility index (Phi) is 2.14. The topological polar surface area (TPSA) is 12.9 Å². The minimum absolute atomic E-state index is 0.597. The van der Waals surface area contributed by atoms with Crippen molar-refractivity contribution in [3.05, 3.63) is 41.7 Å². The molecule has 0 fully saturated rings. The van der Waals surface area contributed by atoms with E-state index in [-0.39, 0.29) is 0 Å². The number of aromatic nitrogens is 1. The number of aryl methyl sites for hydroxylation is 1. The zero-order valence-corrected chi connectivity index (χ0v) is 7.97. The van der Waals surface area contributed by atoms with Gasteiger partial charge in [0.2, 0.25) is 0 Å². The molecule has 0 aliphatic rings. The number of benzene rings is 1. The Morgan fingerprint density at radius 3 is 2.53 bits per heavy atom. The number of hydrogen-bond donors (Lipinski definition) is 0. The lowest BCUT2D eigenvalue weighted by Crippen LogP contribution is -2.04. The van der Waals surface area contributed by atoms with Gasteiger partial charge in [0.1, 0.15) is 0 Å². The van der Waals surface area contributed by atoms with Crippen LogP contribution in [0.5, 0.6) is 0 Å². The molecule has 0 spiro atoms. The molecule has 0 saturated heterocycles. The Balaban J connectivity index is 2.70. The van der Waals surface area contributed by atoms with E-state index in [1.807, 2.05) is 0 Å². The maximum atomic E-state index is 12.4. The van der Waals surface area contributed by atoms with Crippen molar-refractivity contribution in [1.29, 1.82) is 0 Å². The molecule has 0 amide bonds. The fourth-order valence-corrected chi connectivity index (χ4v) is 1.49. The van der Waals surface area contributed by atoms with Crippen molar-refractivity contribution >= 4 is 10.8 Å². The van der Waals surface area contributed by atoms with Gasteiger partial charge in [0.25, 0.3) is 0 Å². The van der Waals surface area contributed by atoms with Crippen LogP contribution in [0.4, 0.5) is 13.2 Å². The molecule has 1 nitrogen and oxygen atoms in total. The molecule has 0 aliphatic heterocycles. The fourth-order valence-electron chi connectivity index (χ4n) is 1.49.